The summed E-state index contributed by atoms with van der Waals surface area (Å²) < 4.78 is 5.27. The summed E-state index contributed by atoms with van der Waals surface area (Å²) in [5.74, 6) is -0.0193. The van der Waals surface area contributed by atoms with Crippen molar-refractivity contribution in [3.05, 3.63) is 35.9 Å². The Kier molecular flexibility index (Phi) is 5.94. The Morgan fingerprint density at radius 1 is 1.35 bits per heavy atom. The zero-order valence-corrected chi connectivity index (χ0v) is 15.7. The summed E-state index contributed by atoms with van der Waals surface area (Å²) in [6.07, 6.45) is 1.11. The van der Waals surface area contributed by atoms with E-state index in [1.165, 1.54) is 5.56 Å². The zero-order valence-electron chi connectivity index (χ0n) is 15.7. The van der Waals surface area contributed by atoms with Gasteiger partial charge in [-0.2, -0.15) is 0 Å². The Morgan fingerprint density at radius 2 is 2.08 bits per heavy atom. The van der Waals surface area contributed by atoms with Crippen LogP contribution in [0.25, 0.3) is 0 Å². The number of nitrogens with zero attached hydrogens (tertiary/aromatic N) is 2. The van der Waals surface area contributed by atoms with E-state index in [0.717, 1.165) is 19.5 Å². The van der Waals surface area contributed by atoms with E-state index in [4.69, 9.17) is 4.74 Å². The van der Waals surface area contributed by atoms with Crippen LogP contribution in [0.4, 0.5) is 0 Å². The van der Waals surface area contributed by atoms with Crippen molar-refractivity contribution in [1.82, 2.24) is 15.1 Å². The number of carbonyl (C=O) groups is 2. The van der Waals surface area contributed by atoms with Gasteiger partial charge in [0.25, 0.3) is 0 Å². The highest BCUT2D eigenvalue weighted by atomic mass is 16.5. The second kappa shape index (κ2) is 8.18. The Labute approximate surface area is 155 Å². The number of piperazine rings is 1. The number of ether oxygens (including phenoxy) is 1. The van der Waals surface area contributed by atoms with Gasteiger partial charge >= 0.3 is 0 Å². The van der Waals surface area contributed by atoms with Gasteiger partial charge in [-0.1, -0.05) is 37.3 Å². The molecule has 0 radical (unpaired) electrons. The summed E-state index contributed by atoms with van der Waals surface area (Å²) >= 11 is 0. The van der Waals surface area contributed by atoms with Gasteiger partial charge < -0.3 is 15.0 Å². The van der Waals surface area contributed by atoms with E-state index >= 15 is 0 Å². The van der Waals surface area contributed by atoms with Crippen LogP contribution in [0.15, 0.2) is 30.3 Å². The predicted octanol–water partition coefficient (Wildman–Crippen LogP) is 0.915. The lowest BCUT2D eigenvalue weighted by Crippen LogP contribution is -2.57. The quantitative estimate of drug-likeness (QED) is 0.786. The van der Waals surface area contributed by atoms with Crippen LogP contribution in [0.1, 0.15) is 18.9 Å². The monoisotopic (exact) mass is 359 g/mol. The van der Waals surface area contributed by atoms with Crippen molar-refractivity contribution in [1.29, 1.82) is 0 Å². The van der Waals surface area contributed by atoms with Gasteiger partial charge in [0.05, 0.1) is 25.7 Å². The van der Waals surface area contributed by atoms with Crippen molar-refractivity contribution in [2.24, 2.45) is 5.41 Å². The molecule has 0 aromatic heterocycles. The van der Waals surface area contributed by atoms with Crippen LogP contribution in [0, 0.1) is 5.41 Å². The first-order chi connectivity index (χ1) is 12.5. The number of hydrogen-bond acceptors (Lipinski definition) is 4. The van der Waals surface area contributed by atoms with Crippen LogP contribution in [0.3, 0.4) is 0 Å². The Bertz CT molecular complexity index is 630. The van der Waals surface area contributed by atoms with E-state index in [9.17, 15) is 9.59 Å². The minimum atomic E-state index is -0.382. The SMILES string of the molecule is CN(CC1(C)COC1)C(=O)CC1C(=O)NCCN1CCc1ccccc1. The molecule has 2 aliphatic heterocycles. The average molecular weight is 359 g/mol. The van der Waals surface area contributed by atoms with Crippen LogP contribution in [-0.4, -0.2) is 74.1 Å². The first-order valence-corrected chi connectivity index (χ1v) is 9.34. The smallest absolute Gasteiger partial charge is 0.237 e. The molecular formula is C20H29N3O3. The molecular weight excluding hydrogens is 330 g/mol. The number of benzene rings is 1. The fourth-order valence-electron chi connectivity index (χ4n) is 3.69. The Balaban J connectivity index is 1.57. The molecule has 1 N–H and O–H groups in total. The van der Waals surface area contributed by atoms with Crippen molar-refractivity contribution in [2.45, 2.75) is 25.8 Å². The number of hydrogen-bond donors (Lipinski definition) is 1. The zero-order chi connectivity index (χ0) is 18.6. The average Bonchev–Trinajstić information content (AvgIpc) is 2.61. The lowest BCUT2D eigenvalue weighted by Gasteiger charge is -2.41. The van der Waals surface area contributed by atoms with Crippen molar-refractivity contribution in [2.75, 3.05) is 46.4 Å². The molecule has 0 spiro atoms. The molecule has 2 aliphatic rings. The third kappa shape index (κ3) is 4.62. The largest absolute Gasteiger partial charge is 0.380 e. The summed E-state index contributed by atoms with van der Waals surface area (Å²) in [6.45, 7) is 6.39. The van der Waals surface area contributed by atoms with Crippen molar-refractivity contribution in [3.8, 4) is 0 Å². The van der Waals surface area contributed by atoms with E-state index < -0.39 is 0 Å². The molecule has 2 saturated heterocycles. The number of rotatable bonds is 7. The minimum Gasteiger partial charge on any atom is -0.380 e. The first kappa shape index (κ1) is 18.9. The topological polar surface area (TPSA) is 61.9 Å². The molecule has 6 heteroatoms. The minimum absolute atomic E-state index is 0.0184. The normalized spacial score (nSPS) is 22.4. The summed E-state index contributed by atoms with van der Waals surface area (Å²) in [5.41, 5.74) is 1.30. The second-order valence-electron chi connectivity index (χ2n) is 7.84. The van der Waals surface area contributed by atoms with Crippen LogP contribution in [-0.2, 0) is 20.7 Å². The fraction of sp³-hybridized carbons (Fsp3) is 0.600. The van der Waals surface area contributed by atoms with Gasteiger partial charge in [0, 0.05) is 38.6 Å². The number of amides is 2. The second-order valence-corrected chi connectivity index (χ2v) is 7.84. The van der Waals surface area contributed by atoms with Gasteiger partial charge in [0.2, 0.25) is 11.8 Å². The number of carbonyl (C=O) groups excluding carboxylic acids is 2. The molecule has 1 aromatic carbocycles. The third-order valence-electron chi connectivity index (χ3n) is 5.29. The molecule has 6 nitrogen and oxygen atoms in total. The predicted molar refractivity (Wildman–Crippen MR) is 99.7 cm³/mol. The van der Waals surface area contributed by atoms with Crippen LogP contribution in [0.5, 0.6) is 0 Å². The van der Waals surface area contributed by atoms with Crippen molar-refractivity contribution < 1.29 is 14.3 Å². The maximum atomic E-state index is 12.7. The van der Waals surface area contributed by atoms with Crippen LogP contribution in [0.2, 0.25) is 0 Å². The molecule has 0 bridgehead atoms. The molecule has 2 heterocycles. The summed E-state index contributed by atoms with van der Waals surface area (Å²) in [4.78, 5) is 29.0. The van der Waals surface area contributed by atoms with E-state index in [0.29, 0.717) is 26.3 Å². The maximum Gasteiger partial charge on any atom is 0.237 e. The molecule has 1 atom stereocenters. The lowest BCUT2D eigenvalue weighted by molar-refractivity contribution is -0.146. The number of nitrogens with one attached hydrogen (secondary N) is 1. The highest BCUT2D eigenvalue weighted by molar-refractivity contribution is 5.88. The Hall–Kier alpha value is -1.92. The molecule has 2 fully saturated rings. The Morgan fingerprint density at radius 3 is 2.73 bits per heavy atom. The molecule has 0 aliphatic carbocycles. The maximum absolute atomic E-state index is 12.7. The van der Waals surface area contributed by atoms with Crippen LogP contribution >= 0.6 is 0 Å². The van der Waals surface area contributed by atoms with Gasteiger partial charge in [-0.15, -0.1) is 0 Å². The van der Waals surface area contributed by atoms with E-state index in [-0.39, 0.29) is 29.7 Å². The highest BCUT2D eigenvalue weighted by Gasteiger charge is 2.37. The molecule has 26 heavy (non-hydrogen) atoms. The molecule has 142 valence electrons. The van der Waals surface area contributed by atoms with Crippen LogP contribution < -0.4 is 5.32 Å². The molecule has 1 aromatic rings. The highest BCUT2D eigenvalue weighted by Crippen LogP contribution is 2.27. The standard InChI is InChI=1S/C20H29N3O3/c1-20(14-26-15-20)13-22(2)18(24)12-17-19(25)21-9-11-23(17)10-8-16-6-4-3-5-7-16/h3-7,17H,8-15H2,1-2H3,(H,21,25). The van der Waals surface area contributed by atoms with Gasteiger partial charge in [0.1, 0.15) is 0 Å². The molecule has 3 rings (SSSR count). The summed E-state index contributed by atoms with van der Waals surface area (Å²) in [7, 11) is 1.82. The van der Waals surface area contributed by atoms with Crippen molar-refractivity contribution in [3.63, 3.8) is 0 Å². The van der Waals surface area contributed by atoms with Gasteiger partial charge in [-0.05, 0) is 12.0 Å². The summed E-state index contributed by atoms with van der Waals surface area (Å²) in [5, 5.41) is 2.90. The first-order valence-electron chi connectivity index (χ1n) is 9.34. The van der Waals surface area contributed by atoms with Gasteiger partial charge in [-0.25, -0.2) is 0 Å². The van der Waals surface area contributed by atoms with E-state index in [1.54, 1.807) is 4.90 Å². The van der Waals surface area contributed by atoms with Gasteiger partial charge in [-0.3, -0.25) is 14.5 Å². The van der Waals surface area contributed by atoms with E-state index in [2.05, 4.69) is 29.3 Å². The lowest BCUT2D eigenvalue weighted by atomic mass is 9.88. The molecule has 1 unspecified atom stereocenters. The van der Waals surface area contributed by atoms with Crippen molar-refractivity contribution >= 4 is 11.8 Å². The summed E-state index contributed by atoms with van der Waals surface area (Å²) in [6, 6.07) is 9.87. The third-order valence-corrected chi connectivity index (χ3v) is 5.29. The van der Waals surface area contributed by atoms with Gasteiger partial charge in [0.15, 0.2) is 0 Å². The fourth-order valence-corrected chi connectivity index (χ4v) is 3.69. The molecule has 0 saturated carbocycles. The molecule has 2 amide bonds. The van der Waals surface area contributed by atoms with E-state index in [1.807, 2.05) is 25.2 Å².